The van der Waals surface area contributed by atoms with Crippen LogP contribution in [0.2, 0.25) is 0 Å². The standard InChI is InChI=1S/C42H60N6O8/c1-6-13-28(39(52)35(51)22-30(42(55)56)20-27-14-8-7-9-15-27)21-34(50)38-32-18-12-16-29(32)24-48(38)41(54)37(26(4)5)43-40(53)33(25(2)3)23-31(49)17-10-11-19-36-44-46-47-45-36/h7-9,14-15,25-26,28-30,32-33,37-38H,6,10-13,16-24H2,1-5H3,(H,43,53)(H,55,56)(H,44,45,46,47)/t28?,29-,30-,32-,33+,37-,38-/m0/s1. The molecule has 2 aromatic rings. The van der Waals surface area contributed by atoms with Gasteiger partial charge in [0.25, 0.3) is 0 Å². The van der Waals surface area contributed by atoms with E-state index in [1.54, 1.807) is 29.2 Å². The molecule has 2 fully saturated rings. The van der Waals surface area contributed by atoms with Gasteiger partial charge in [-0.15, -0.1) is 10.2 Å². The molecule has 0 radical (unpaired) electrons. The van der Waals surface area contributed by atoms with Gasteiger partial charge < -0.3 is 15.3 Å². The predicted molar refractivity (Wildman–Crippen MR) is 207 cm³/mol. The number of carbonyl (C=O) groups excluding carboxylic acids is 6. The van der Waals surface area contributed by atoms with Gasteiger partial charge in [0.15, 0.2) is 17.4 Å². The highest BCUT2D eigenvalue weighted by molar-refractivity contribution is 6.38. The Balaban J connectivity index is 1.43. The van der Waals surface area contributed by atoms with Gasteiger partial charge in [-0.25, -0.2) is 0 Å². The smallest absolute Gasteiger partial charge is 0.307 e. The van der Waals surface area contributed by atoms with E-state index in [1.807, 2.05) is 40.7 Å². The van der Waals surface area contributed by atoms with Gasteiger partial charge in [0.05, 0.1) is 12.0 Å². The number of carbonyl (C=O) groups is 7. The van der Waals surface area contributed by atoms with Gasteiger partial charge in [-0.2, -0.15) is 5.21 Å². The number of aromatic amines is 1. The molecule has 2 aliphatic rings. The first-order valence-corrected chi connectivity index (χ1v) is 20.4. The first kappa shape index (κ1) is 44.1. The number of Topliss-reactive ketones (excluding diaryl/α,β-unsaturated/α-hetero) is 4. The van der Waals surface area contributed by atoms with Crippen molar-refractivity contribution in [3.8, 4) is 0 Å². The molecule has 1 saturated heterocycles. The van der Waals surface area contributed by atoms with E-state index in [-0.39, 0.29) is 72.7 Å². The zero-order valence-corrected chi connectivity index (χ0v) is 33.6. The number of rotatable bonds is 24. The fraction of sp³-hybridized carbons (Fsp3) is 0.667. The summed E-state index contributed by atoms with van der Waals surface area (Å²) in [6, 6.07) is 7.19. The number of amides is 2. The summed E-state index contributed by atoms with van der Waals surface area (Å²) in [6.07, 6.45) is 5.02. The lowest BCUT2D eigenvalue weighted by molar-refractivity contribution is -0.147. The number of hydrogen-bond acceptors (Lipinski definition) is 10. The second kappa shape index (κ2) is 21.1. The number of aryl methyl sites for hydroxylation is 1. The molecule has 14 nitrogen and oxygen atoms in total. The van der Waals surface area contributed by atoms with E-state index in [1.165, 1.54) is 0 Å². The number of aliphatic carboxylic acids is 1. The molecule has 2 amide bonds. The number of nitrogens with one attached hydrogen (secondary N) is 2. The summed E-state index contributed by atoms with van der Waals surface area (Å²) in [4.78, 5) is 96.1. The van der Waals surface area contributed by atoms with Crippen LogP contribution in [0.25, 0.3) is 0 Å². The third kappa shape index (κ3) is 11.9. The molecule has 1 unspecified atom stereocenters. The van der Waals surface area contributed by atoms with E-state index >= 15 is 0 Å². The van der Waals surface area contributed by atoms with Crippen molar-refractivity contribution < 1.29 is 38.7 Å². The van der Waals surface area contributed by atoms with Crippen molar-refractivity contribution in [3.63, 3.8) is 0 Å². The lowest BCUT2D eigenvalue weighted by atomic mass is 9.83. The summed E-state index contributed by atoms with van der Waals surface area (Å²) in [6.45, 7) is 9.63. The summed E-state index contributed by atoms with van der Waals surface area (Å²) < 4.78 is 0. The molecule has 56 heavy (non-hydrogen) atoms. The average molecular weight is 777 g/mol. The molecule has 1 aliphatic carbocycles. The van der Waals surface area contributed by atoms with Crippen LogP contribution in [0.1, 0.15) is 117 Å². The second-order valence-corrected chi connectivity index (χ2v) is 16.5. The number of likely N-dealkylation sites (tertiary alicyclic amines) is 1. The number of unbranched alkanes of at least 4 members (excludes halogenated alkanes) is 1. The molecule has 4 rings (SSSR count). The Kier molecular flexibility index (Phi) is 16.6. The van der Waals surface area contributed by atoms with E-state index in [0.29, 0.717) is 44.5 Å². The number of carboxylic acid groups (broad SMARTS) is 1. The van der Waals surface area contributed by atoms with Crippen LogP contribution in [0.5, 0.6) is 0 Å². The van der Waals surface area contributed by atoms with Crippen LogP contribution in [0, 0.1) is 41.4 Å². The summed E-state index contributed by atoms with van der Waals surface area (Å²) >= 11 is 0. The normalized spacial score (nSPS) is 20.0. The Morgan fingerprint density at radius 1 is 0.929 bits per heavy atom. The Morgan fingerprint density at radius 3 is 2.29 bits per heavy atom. The summed E-state index contributed by atoms with van der Waals surface area (Å²) in [5, 5.41) is 26.6. The minimum Gasteiger partial charge on any atom is -0.481 e. The van der Waals surface area contributed by atoms with Crippen molar-refractivity contribution in [1.29, 1.82) is 0 Å². The van der Waals surface area contributed by atoms with E-state index in [0.717, 1.165) is 24.8 Å². The van der Waals surface area contributed by atoms with Crippen LogP contribution in [-0.2, 0) is 46.4 Å². The van der Waals surface area contributed by atoms with Crippen molar-refractivity contribution in [2.24, 2.45) is 41.4 Å². The third-order valence-electron chi connectivity index (χ3n) is 11.7. The molecule has 1 aliphatic heterocycles. The molecule has 3 N–H and O–H groups in total. The molecule has 1 aromatic carbocycles. The van der Waals surface area contributed by atoms with Crippen molar-refractivity contribution in [1.82, 2.24) is 30.8 Å². The van der Waals surface area contributed by atoms with E-state index in [9.17, 15) is 38.7 Å². The van der Waals surface area contributed by atoms with Crippen LogP contribution < -0.4 is 5.32 Å². The molecule has 0 bridgehead atoms. The van der Waals surface area contributed by atoms with Gasteiger partial charge >= 0.3 is 5.97 Å². The van der Waals surface area contributed by atoms with Crippen LogP contribution >= 0.6 is 0 Å². The maximum atomic E-state index is 14.4. The maximum absolute atomic E-state index is 14.4. The Bertz CT molecular complexity index is 1660. The number of aromatic nitrogens is 4. The Morgan fingerprint density at radius 2 is 1.66 bits per heavy atom. The van der Waals surface area contributed by atoms with Gasteiger partial charge in [0.2, 0.25) is 17.6 Å². The van der Waals surface area contributed by atoms with Crippen molar-refractivity contribution >= 4 is 40.9 Å². The van der Waals surface area contributed by atoms with Crippen LogP contribution in [0.3, 0.4) is 0 Å². The van der Waals surface area contributed by atoms with Crippen molar-refractivity contribution in [2.45, 2.75) is 130 Å². The quantitative estimate of drug-likeness (QED) is 0.0978. The van der Waals surface area contributed by atoms with E-state index < -0.39 is 53.8 Å². The van der Waals surface area contributed by atoms with Crippen molar-refractivity contribution in [3.05, 3.63) is 41.7 Å². The average Bonchev–Trinajstić information content (AvgIpc) is 3.92. The van der Waals surface area contributed by atoms with Crippen LogP contribution in [-0.4, -0.2) is 90.2 Å². The molecule has 1 saturated carbocycles. The number of tetrazole rings is 1. The van der Waals surface area contributed by atoms with E-state index in [2.05, 4.69) is 25.9 Å². The monoisotopic (exact) mass is 776 g/mol. The number of benzene rings is 1. The number of hydrogen-bond donors (Lipinski definition) is 3. The fourth-order valence-corrected chi connectivity index (χ4v) is 8.50. The predicted octanol–water partition coefficient (Wildman–Crippen LogP) is 4.76. The molecule has 306 valence electrons. The molecule has 7 atom stereocenters. The summed E-state index contributed by atoms with van der Waals surface area (Å²) in [5.74, 6) is -6.33. The first-order chi connectivity index (χ1) is 26.7. The Labute approximate surface area is 329 Å². The summed E-state index contributed by atoms with van der Waals surface area (Å²) in [7, 11) is 0. The molecule has 0 spiro atoms. The molecular formula is C42H60N6O8. The minimum atomic E-state index is -1.17. The fourth-order valence-electron chi connectivity index (χ4n) is 8.50. The SMILES string of the molecule is CCCC(CC(=O)[C@@H]1[C@H]2CCC[C@H]2CN1C(=O)[C@@H](NC(=O)[C@H](CC(=O)CCCCc1nn[nH]n1)C(C)C)C(C)C)C(=O)C(=O)C[C@H](Cc1ccccc1)C(=O)O. The highest BCUT2D eigenvalue weighted by Crippen LogP contribution is 2.43. The van der Waals surface area contributed by atoms with Gasteiger partial charge in [-0.05, 0) is 67.8 Å². The topological polar surface area (TPSA) is 209 Å². The first-order valence-electron chi connectivity index (χ1n) is 20.4. The van der Waals surface area contributed by atoms with Crippen LogP contribution in [0.4, 0.5) is 0 Å². The van der Waals surface area contributed by atoms with Gasteiger partial charge in [-0.3, -0.25) is 33.6 Å². The molecular weight excluding hydrogens is 716 g/mol. The largest absolute Gasteiger partial charge is 0.481 e. The lowest BCUT2D eigenvalue weighted by Gasteiger charge is -2.33. The van der Waals surface area contributed by atoms with Gasteiger partial charge in [-0.1, -0.05) is 83.0 Å². The van der Waals surface area contributed by atoms with Crippen LogP contribution in [0.15, 0.2) is 30.3 Å². The zero-order chi connectivity index (χ0) is 40.9. The Hall–Kier alpha value is -4.62. The molecule has 14 heteroatoms. The van der Waals surface area contributed by atoms with Crippen molar-refractivity contribution in [2.75, 3.05) is 6.54 Å². The summed E-state index contributed by atoms with van der Waals surface area (Å²) in [5.41, 5.74) is 0.742. The maximum Gasteiger partial charge on any atom is 0.307 e. The molecule has 1 aromatic heterocycles. The second-order valence-electron chi connectivity index (χ2n) is 16.5. The number of ketones is 4. The van der Waals surface area contributed by atoms with Gasteiger partial charge in [0, 0.05) is 50.5 Å². The number of fused-ring (bicyclic) bond motifs is 1. The zero-order valence-electron chi connectivity index (χ0n) is 33.6. The van der Waals surface area contributed by atoms with E-state index in [4.69, 9.17) is 0 Å². The van der Waals surface area contributed by atoms with Gasteiger partial charge in [0.1, 0.15) is 11.8 Å². The number of carboxylic acids is 1. The highest BCUT2D eigenvalue weighted by Gasteiger charge is 2.51. The minimum absolute atomic E-state index is 0.0400. The molecule has 2 heterocycles. The lowest BCUT2D eigenvalue weighted by Crippen LogP contribution is -2.56. The highest BCUT2D eigenvalue weighted by atomic mass is 16.4. The number of H-pyrrole nitrogens is 1. The number of nitrogens with zero attached hydrogens (tertiary/aromatic N) is 4. The third-order valence-corrected chi connectivity index (χ3v) is 11.7.